The molecule has 2 N–H and O–H groups in total. The Labute approximate surface area is 77.0 Å². The normalized spacial score (nSPS) is 22.6. The largest absolute Gasteiger partial charge is 0.465 e. The second kappa shape index (κ2) is 3.93. The van der Waals surface area contributed by atoms with Crippen molar-refractivity contribution in [1.29, 1.82) is 0 Å². The van der Waals surface area contributed by atoms with Crippen molar-refractivity contribution in [3.05, 3.63) is 0 Å². The van der Waals surface area contributed by atoms with Gasteiger partial charge in [0.2, 0.25) is 0 Å². The summed E-state index contributed by atoms with van der Waals surface area (Å²) in [7, 11) is 0. The van der Waals surface area contributed by atoms with E-state index in [2.05, 4.69) is 5.32 Å². The van der Waals surface area contributed by atoms with Crippen LogP contribution in [-0.2, 0) is 9.47 Å². The number of carbonyl (C=O) groups is 1. The first kappa shape index (κ1) is 10.3. The molecule has 0 aromatic rings. The van der Waals surface area contributed by atoms with Crippen LogP contribution in [0.1, 0.15) is 13.8 Å². The highest BCUT2D eigenvalue weighted by atomic mass is 16.7. The summed E-state index contributed by atoms with van der Waals surface area (Å²) >= 11 is 0. The quantitative estimate of drug-likeness (QED) is 0.669. The van der Waals surface area contributed by atoms with Gasteiger partial charge >= 0.3 is 6.09 Å². The van der Waals surface area contributed by atoms with Crippen LogP contribution in [0.2, 0.25) is 0 Å². The Morgan fingerprint density at radius 1 is 1.54 bits per heavy atom. The van der Waals surface area contributed by atoms with E-state index >= 15 is 0 Å². The van der Waals surface area contributed by atoms with E-state index in [4.69, 9.17) is 14.6 Å². The Balaban J connectivity index is 2.21. The van der Waals surface area contributed by atoms with Gasteiger partial charge in [0.1, 0.15) is 0 Å². The zero-order valence-electron chi connectivity index (χ0n) is 7.87. The first-order chi connectivity index (χ1) is 5.99. The third-order valence-corrected chi connectivity index (χ3v) is 1.88. The summed E-state index contributed by atoms with van der Waals surface area (Å²) in [6.45, 7) is 5.13. The Kier molecular flexibility index (Phi) is 3.11. The Morgan fingerprint density at radius 2 is 2.08 bits per heavy atom. The van der Waals surface area contributed by atoms with E-state index in [1.165, 1.54) is 0 Å². The summed E-state index contributed by atoms with van der Waals surface area (Å²) in [4.78, 5) is 10.2. The molecule has 1 aliphatic rings. The molecule has 76 valence electrons. The summed E-state index contributed by atoms with van der Waals surface area (Å²) in [5, 5.41) is 10.7. The molecule has 1 saturated heterocycles. The molecule has 0 aromatic heterocycles. The van der Waals surface area contributed by atoms with Gasteiger partial charge in [0.25, 0.3) is 0 Å². The van der Waals surface area contributed by atoms with Gasteiger partial charge in [0, 0.05) is 12.5 Å². The molecule has 1 fully saturated rings. The van der Waals surface area contributed by atoms with Crippen LogP contribution in [-0.4, -0.2) is 36.7 Å². The average Bonchev–Trinajstić information content (AvgIpc) is 2.02. The molecule has 0 aromatic carbocycles. The van der Waals surface area contributed by atoms with Gasteiger partial charge in [-0.2, -0.15) is 0 Å². The van der Waals surface area contributed by atoms with Gasteiger partial charge in [-0.3, -0.25) is 0 Å². The molecule has 0 radical (unpaired) electrons. The topological polar surface area (TPSA) is 67.8 Å². The van der Waals surface area contributed by atoms with E-state index in [-0.39, 0.29) is 5.92 Å². The molecule has 5 heteroatoms. The number of rotatable bonds is 2. The van der Waals surface area contributed by atoms with E-state index < -0.39 is 11.9 Å². The van der Waals surface area contributed by atoms with Crippen molar-refractivity contribution in [2.75, 3.05) is 19.8 Å². The summed E-state index contributed by atoms with van der Waals surface area (Å²) in [5.41, 5.74) is 0. The minimum atomic E-state index is -1.01. The Hall–Kier alpha value is -0.810. The molecule has 0 unspecified atom stereocenters. The lowest BCUT2D eigenvalue weighted by molar-refractivity contribution is -0.261. The zero-order valence-corrected chi connectivity index (χ0v) is 7.87. The molecule has 1 aliphatic heterocycles. The predicted molar refractivity (Wildman–Crippen MR) is 45.5 cm³/mol. The molecule has 0 bridgehead atoms. The van der Waals surface area contributed by atoms with E-state index in [0.29, 0.717) is 19.8 Å². The van der Waals surface area contributed by atoms with Crippen molar-refractivity contribution in [2.45, 2.75) is 19.6 Å². The molecule has 0 saturated carbocycles. The lowest BCUT2D eigenvalue weighted by Gasteiger charge is -2.34. The van der Waals surface area contributed by atoms with Crippen LogP contribution < -0.4 is 5.32 Å². The number of carboxylic acid groups (broad SMARTS) is 1. The fourth-order valence-corrected chi connectivity index (χ4v) is 1.08. The van der Waals surface area contributed by atoms with Crippen molar-refractivity contribution < 1.29 is 19.4 Å². The standard InChI is InChI=1S/C8H15NO4/c1-8(2)12-4-6(5-13-8)3-9-7(10)11/h6,9H,3-5H2,1-2H3,(H,10,11). The first-order valence-electron chi connectivity index (χ1n) is 4.24. The first-order valence-corrected chi connectivity index (χ1v) is 4.24. The van der Waals surface area contributed by atoms with Gasteiger partial charge in [-0.25, -0.2) is 4.79 Å². The van der Waals surface area contributed by atoms with Gasteiger partial charge in [-0.05, 0) is 13.8 Å². The summed E-state index contributed by atoms with van der Waals surface area (Å²) in [5.74, 6) is -0.413. The minimum absolute atomic E-state index is 0.115. The van der Waals surface area contributed by atoms with Crippen molar-refractivity contribution in [1.82, 2.24) is 5.32 Å². The van der Waals surface area contributed by atoms with Crippen LogP contribution in [0.25, 0.3) is 0 Å². The molecule has 0 aliphatic carbocycles. The van der Waals surface area contributed by atoms with Crippen molar-refractivity contribution >= 4 is 6.09 Å². The fourth-order valence-electron chi connectivity index (χ4n) is 1.08. The number of hydrogen-bond acceptors (Lipinski definition) is 3. The van der Waals surface area contributed by atoms with Gasteiger partial charge in [-0.15, -0.1) is 0 Å². The summed E-state index contributed by atoms with van der Waals surface area (Å²) in [6.07, 6.45) is -1.01. The lowest BCUT2D eigenvalue weighted by Crippen LogP contribution is -2.43. The number of ether oxygens (including phenoxy) is 2. The molecule has 5 nitrogen and oxygen atoms in total. The second-order valence-corrected chi connectivity index (χ2v) is 3.57. The highest BCUT2D eigenvalue weighted by Crippen LogP contribution is 2.19. The fraction of sp³-hybridized carbons (Fsp3) is 0.875. The maximum atomic E-state index is 10.2. The third-order valence-electron chi connectivity index (χ3n) is 1.88. The molecule has 1 heterocycles. The van der Waals surface area contributed by atoms with E-state index in [1.807, 2.05) is 13.8 Å². The maximum absolute atomic E-state index is 10.2. The van der Waals surface area contributed by atoms with Crippen molar-refractivity contribution in [3.63, 3.8) is 0 Å². The molecule has 1 amide bonds. The Bertz CT molecular complexity index is 183. The van der Waals surface area contributed by atoms with E-state index in [1.54, 1.807) is 0 Å². The lowest BCUT2D eigenvalue weighted by atomic mass is 10.1. The van der Waals surface area contributed by atoms with Gasteiger partial charge in [0.05, 0.1) is 13.2 Å². The number of nitrogens with one attached hydrogen (secondary N) is 1. The highest BCUT2D eigenvalue weighted by Gasteiger charge is 2.28. The van der Waals surface area contributed by atoms with Crippen LogP contribution in [0.15, 0.2) is 0 Å². The van der Waals surface area contributed by atoms with Crippen LogP contribution in [0.5, 0.6) is 0 Å². The molecule has 0 spiro atoms. The number of amides is 1. The van der Waals surface area contributed by atoms with Crippen molar-refractivity contribution in [2.24, 2.45) is 5.92 Å². The predicted octanol–water partition coefficient (Wildman–Crippen LogP) is 0.653. The van der Waals surface area contributed by atoms with Crippen LogP contribution in [0.4, 0.5) is 4.79 Å². The molecule has 1 rings (SSSR count). The molecule has 0 atom stereocenters. The SMILES string of the molecule is CC1(C)OCC(CNC(=O)O)CO1. The van der Waals surface area contributed by atoms with Gasteiger partial charge in [0.15, 0.2) is 5.79 Å². The van der Waals surface area contributed by atoms with Crippen molar-refractivity contribution in [3.8, 4) is 0 Å². The van der Waals surface area contributed by atoms with Crippen LogP contribution >= 0.6 is 0 Å². The molecular weight excluding hydrogens is 174 g/mol. The smallest absolute Gasteiger partial charge is 0.404 e. The molecular formula is C8H15NO4. The average molecular weight is 189 g/mol. The van der Waals surface area contributed by atoms with Crippen LogP contribution in [0.3, 0.4) is 0 Å². The van der Waals surface area contributed by atoms with Crippen LogP contribution in [0, 0.1) is 5.92 Å². The second-order valence-electron chi connectivity index (χ2n) is 3.57. The minimum Gasteiger partial charge on any atom is -0.465 e. The summed E-state index contributed by atoms with van der Waals surface area (Å²) in [6, 6.07) is 0. The van der Waals surface area contributed by atoms with E-state index in [0.717, 1.165) is 0 Å². The third kappa shape index (κ3) is 3.61. The maximum Gasteiger partial charge on any atom is 0.404 e. The Morgan fingerprint density at radius 3 is 2.54 bits per heavy atom. The number of hydrogen-bond donors (Lipinski definition) is 2. The highest BCUT2D eigenvalue weighted by molar-refractivity contribution is 5.64. The zero-order chi connectivity index (χ0) is 9.90. The van der Waals surface area contributed by atoms with Gasteiger partial charge < -0.3 is 19.9 Å². The molecule has 13 heavy (non-hydrogen) atoms. The van der Waals surface area contributed by atoms with E-state index in [9.17, 15) is 4.79 Å². The summed E-state index contributed by atoms with van der Waals surface area (Å²) < 4.78 is 10.7. The monoisotopic (exact) mass is 189 g/mol. The van der Waals surface area contributed by atoms with Gasteiger partial charge in [-0.1, -0.05) is 0 Å².